The van der Waals surface area contributed by atoms with Gasteiger partial charge in [-0.3, -0.25) is 4.79 Å². The second kappa shape index (κ2) is 6.16. The maximum Gasteiger partial charge on any atom is 0.233 e. The molecule has 1 saturated heterocycles. The summed E-state index contributed by atoms with van der Waals surface area (Å²) in [7, 11) is 0. The number of amides is 1. The van der Waals surface area contributed by atoms with Crippen LogP contribution < -0.4 is 5.73 Å². The van der Waals surface area contributed by atoms with Crippen molar-refractivity contribution in [2.45, 2.75) is 38.3 Å². The average molecular weight is 320 g/mol. The molecule has 7 heteroatoms. The Morgan fingerprint density at radius 2 is 2.00 bits per heavy atom. The van der Waals surface area contributed by atoms with Gasteiger partial charge in [0.2, 0.25) is 11.6 Å². The number of carbonyl (C=O) groups excluding carboxylic acids is 1. The lowest BCUT2D eigenvalue weighted by Crippen LogP contribution is -2.36. The molecule has 0 aromatic carbocycles. The summed E-state index contributed by atoms with van der Waals surface area (Å²) in [6.45, 7) is 5.53. The molecular weight excluding hydrogens is 300 g/mol. The highest BCUT2D eigenvalue weighted by Gasteiger charge is 2.18. The minimum atomic E-state index is 0.138. The number of thioether (sulfide) groups is 1. The molecule has 0 aliphatic carbocycles. The second-order valence-corrected chi connectivity index (χ2v) is 6.53. The van der Waals surface area contributed by atoms with E-state index in [0.717, 1.165) is 42.6 Å². The van der Waals surface area contributed by atoms with Gasteiger partial charge < -0.3 is 15.1 Å². The summed E-state index contributed by atoms with van der Waals surface area (Å²) in [6.07, 6.45) is 3.40. The zero-order valence-corrected chi connectivity index (χ0v) is 13.7. The summed E-state index contributed by atoms with van der Waals surface area (Å²) in [5, 5.41) is 1.26. The summed E-state index contributed by atoms with van der Waals surface area (Å²) in [6, 6.07) is 0. The van der Waals surface area contributed by atoms with Crippen molar-refractivity contribution >= 4 is 34.6 Å². The van der Waals surface area contributed by atoms with Gasteiger partial charge in [0, 0.05) is 18.7 Å². The molecule has 118 valence electrons. The number of hydrogen-bond acceptors (Lipinski definition) is 6. The number of hydrogen-bond donors (Lipinski definition) is 1. The van der Waals surface area contributed by atoms with Crippen LogP contribution in [0.4, 0.5) is 5.82 Å². The number of fused-ring (bicyclic) bond motifs is 1. The zero-order valence-electron chi connectivity index (χ0n) is 12.9. The normalized spacial score (nSPS) is 15.5. The highest BCUT2D eigenvalue weighted by molar-refractivity contribution is 7.99. The number of anilines is 1. The van der Waals surface area contributed by atoms with Crippen molar-refractivity contribution in [2.75, 3.05) is 24.6 Å². The lowest BCUT2D eigenvalue weighted by atomic mass is 10.1. The first-order valence-corrected chi connectivity index (χ1v) is 8.48. The Labute approximate surface area is 133 Å². The highest BCUT2D eigenvalue weighted by atomic mass is 32.2. The molecule has 0 radical (unpaired) electrons. The number of aryl methyl sites for hydroxylation is 2. The molecule has 22 heavy (non-hydrogen) atoms. The van der Waals surface area contributed by atoms with E-state index in [9.17, 15) is 4.79 Å². The van der Waals surface area contributed by atoms with E-state index in [0.29, 0.717) is 22.4 Å². The predicted octanol–water partition coefficient (Wildman–Crippen LogP) is 2.53. The first-order chi connectivity index (χ1) is 10.6. The maximum atomic E-state index is 12.2. The van der Waals surface area contributed by atoms with Gasteiger partial charge in [-0.15, -0.1) is 0 Å². The van der Waals surface area contributed by atoms with Gasteiger partial charge in [0.15, 0.2) is 5.16 Å². The van der Waals surface area contributed by atoms with E-state index in [1.54, 1.807) is 0 Å². The van der Waals surface area contributed by atoms with Crippen molar-refractivity contribution in [3.63, 3.8) is 0 Å². The number of nitrogen functional groups attached to an aromatic ring is 1. The number of aromatic nitrogens is 2. The Morgan fingerprint density at radius 1 is 1.27 bits per heavy atom. The zero-order chi connectivity index (χ0) is 15.7. The van der Waals surface area contributed by atoms with E-state index in [1.165, 1.54) is 18.2 Å². The molecule has 2 aromatic rings. The molecule has 6 nitrogen and oxygen atoms in total. The summed E-state index contributed by atoms with van der Waals surface area (Å²) in [5.41, 5.74) is 7.46. The third-order valence-corrected chi connectivity index (χ3v) is 4.90. The lowest BCUT2D eigenvalue weighted by Gasteiger charge is -2.26. The molecule has 0 unspecified atom stereocenters. The lowest BCUT2D eigenvalue weighted by molar-refractivity contribution is -0.129. The van der Waals surface area contributed by atoms with Gasteiger partial charge in [-0.2, -0.15) is 4.98 Å². The minimum Gasteiger partial charge on any atom is -0.443 e. The van der Waals surface area contributed by atoms with E-state index in [2.05, 4.69) is 9.97 Å². The first kappa shape index (κ1) is 15.1. The summed E-state index contributed by atoms with van der Waals surface area (Å²) in [5.74, 6) is 1.68. The van der Waals surface area contributed by atoms with Gasteiger partial charge in [0.25, 0.3) is 0 Å². The van der Waals surface area contributed by atoms with Gasteiger partial charge >= 0.3 is 0 Å². The Kier molecular flexibility index (Phi) is 4.24. The molecule has 0 bridgehead atoms. The molecule has 1 fully saturated rings. The van der Waals surface area contributed by atoms with Crippen molar-refractivity contribution < 1.29 is 9.21 Å². The fraction of sp³-hybridized carbons (Fsp3) is 0.533. The van der Waals surface area contributed by atoms with Crippen LogP contribution >= 0.6 is 11.8 Å². The third-order valence-electron chi connectivity index (χ3n) is 4.07. The van der Waals surface area contributed by atoms with Crippen molar-refractivity contribution in [1.82, 2.24) is 14.9 Å². The maximum absolute atomic E-state index is 12.2. The Hall–Kier alpha value is -1.76. The van der Waals surface area contributed by atoms with Gasteiger partial charge in [-0.25, -0.2) is 4.98 Å². The average Bonchev–Trinajstić information content (AvgIpc) is 2.81. The standard InChI is InChI=1S/C15H20N4O2S/c1-9-10(2)21-14-12(9)13(16)17-15(18-14)22-8-11(20)19-6-4-3-5-7-19/h3-8H2,1-2H3,(H2,16,17,18). The predicted molar refractivity (Wildman–Crippen MR) is 86.8 cm³/mol. The van der Waals surface area contributed by atoms with Gasteiger partial charge in [0.1, 0.15) is 11.6 Å². The van der Waals surface area contributed by atoms with Crippen LogP contribution in [-0.2, 0) is 4.79 Å². The van der Waals surface area contributed by atoms with Crippen molar-refractivity contribution in [1.29, 1.82) is 0 Å². The molecule has 1 amide bonds. The number of nitrogens with two attached hydrogens (primary N) is 1. The van der Waals surface area contributed by atoms with Crippen LogP contribution in [-0.4, -0.2) is 39.6 Å². The number of piperidine rings is 1. The van der Waals surface area contributed by atoms with E-state index in [1.807, 2.05) is 18.7 Å². The summed E-state index contributed by atoms with van der Waals surface area (Å²) in [4.78, 5) is 22.8. The minimum absolute atomic E-state index is 0.138. The van der Waals surface area contributed by atoms with Crippen LogP contribution in [0.5, 0.6) is 0 Å². The van der Waals surface area contributed by atoms with Crippen molar-refractivity contribution in [2.24, 2.45) is 0 Å². The number of furan rings is 1. The monoisotopic (exact) mass is 320 g/mol. The third kappa shape index (κ3) is 2.90. The molecule has 3 heterocycles. The quantitative estimate of drug-likeness (QED) is 0.691. The topological polar surface area (TPSA) is 85.2 Å². The van der Waals surface area contributed by atoms with Crippen molar-refractivity contribution in [3.05, 3.63) is 11.3 Å². The van der Waals surface area contributed by atoms with Crippen molar-refractivity contribution in [3.8, 4) is 0 Å². The molecule has 1 aliphatic heterocycles. The molecule has 2 N–H and O–H groups in total. The number of rotatable bonds is 3. The molecule has 2 aromatic heterocycles. The summed E-state index contributed by atoms with van der Waals surface area (Å²) < 4.78 is 5.60. The van der Waals surface area contributed by atoms with Crippen LogP contribution in [0, 0.1) is 13.8 Å². The van der Waals surface area contributed by atoms with Gasteiger partial charge in [-0.1, -0.05) is 11.8 Å². The Balaban J connectivity index is 1.72. The summed E-state index contributed by atoms with van der Waals surface area (Å²) >= 11 is 1.31. The van der Waals surface area contributed by atoms with E-state index < -0.39 is 0 Å². The number of carbonyl (C=O) groups is 1. The SMILES string of the molecule is Cc1oc2nc(SCC(=O)N3CCCCC3)nc(N)c2c1C. The smallest absolute Gasteiger partial charge is 0.233 e. The molecule has 0 spiro atoms. The fourth-order valence-corrected chi connectivity index (χ4v) is 3.43. The molecule has 0 atom stereocenters. The van der Waals surface area contributed by atoms with Crippen LogP contribution in [0.25, 0.3) is 11.1 Å². The molecule has 1 aliphatic rings. The highest BCUT2D eigenvalue weighted by Crippen LogP contribution is 2.29. The Bertz CT molecular complexity index is 707. The van der Waals surface area contributed by atoms with Crippen LogP contribution in [0.15, 0.2) is 9.57 Å². The van der Waals surface area contributed by atoms with Crippen LogP contribution in [0.3, 0.4) is 0 Å². The largest absolute Gasteiger partial charge is 0.443 e. The fourth-order valence-electron chi connectivity index (χ4n) is 2.69. The Morgan fingerprint density at radius 3 is 2.73 bits per heavy atom. The molecule has 0 saturated carbocycles. The van der Waals surface area contributed by atoms with Crippen LogP contribution in [0.2, 0.25) is 0 Å². The van der Waals surface area contributed by atoms with E-state index in [-0.39, 0.29) is 5.91 Å². The second-order valence-electron chi connectivity index (χ2n) is 5.58. The van der Waals surface area contributed by atoms with E-state index in [4.69, 9.17) is 10.2 Å². The molecular formula is C15H20N4O2S. The molecule has 3 rings (SSSR count). The number of likely N-dealkylation sites (tertiary alicyclic amines) is 1. The number of nitrogens with zero attached hydrogens (tertiary/aromatic N) is 3. The first-order valence-electron chi connectivity index (χ1n) is 7.50. The van der Waals surface area contributed by atoms with E-state index >= 15 is 0 Å². The van der Waals surface area contributed by atoms with Crippen LogP contribution in [0.1, 0.15) is 30.6 Å². The van der Waals surface area contributed by atoms with Gasteiger partial charge in [0.05, 0.1) is 11.1 Å². The van der Waals surface area contributed by atoms with Gasteiger partial charge in [-0.05, 0) is 33.1 Å².